The first-order chi connectivity index (χ1) is 20.0. The van der Waals surface area contributed by atoms with Crippen LogP contribution < -0.4 is 25.9 Å². The topological polar surface area (TPSA) is 159 Å². The molecule has 2 aromatic carbocycles. The van der Waals surface area contributed by atoms with E-state index in [9.17, 15) is 9.59 Å². The van der Waals surface area contributed by atoms with Crippen LogP contribution in [0.15, 0.2) is 60.9 Å². The summed E-state index contributed by atoms with van der Waals surface area (Å²) in [5.74, 6) is 0.142. The minimum atomic E-state index is -0.699. The summed E-state index contributed by atoms with van der Waals surface area (Å²) in [6.07, 6.45) is 3.05. The molecule has 5 rings (SSSR count). The van der Waals surface area contributed by atoms with E-state index in [1.807, 2.05) is 19.1 Å². The number of nitrogens with zero attached hydrogens (tertiary/aromatic N) is 5. The number of amides is 2. The van der Waals surface area contributed by atoms with Crippen molar-refractivity contribution in [1.29, 1.82) is 0 Å². The predicted molar refractivity (Wildman–Crippen MR) is 152 cm³/mol. The molecule has 4 aromatic rings. The van der Waals surface area contributed by atoms with Gasteiger partial charge >= 0.3 is 0 Å². The molecule has 41 heavy (non-hydrogen) atoms. The van der Waals surface area contributed by atoms with Gasteiger partial charge < -0.3 is 35.6 Å². The molecule has 4 N–H and O–H groups in total. The number of morpholine rings is 1. The van der Waals surface area contributed by atoms with E-state index in [-0.39, 0.29) is 23.2 Å². The maximum atomic E-state index is 12.7. The molecule has 212 valence electrons. The van der Waals surface area contributed by atoms with Gasteiger partial charge in [0.05, 0.1) is 37.9 Å². The van der Waals surface area contributed by atoms with Crippen LogP contribution >= 0.6 is 0 Å². The average Bonchev–Trinajstić information content (AvgIpc) is 3.46. The van der Waals surface area contributed by atoms with Crippen molar-refractivity contribution >= 4 is 35.0 Å². The Morgan fingerprint density at radius 1 is 1.07 bits per heavy atom. The highest BCUT2D eigenvalue weighted by molar-refractivity contribution is 5.98. The molecule has 0 spiro atoms. The van der Waals surface area contributed by atoms with Crippen molar-refractivity contribution in [2.45, 2.75) is 6.92 Å². The van der Waals surface area contributed by atoms with Gasteiger partial charge in [0.1, 0.15) is 18.0 Å². The van der Waals surface area contributed by atoms with Crippen molar-refractivity contribution in [3.8, 4) is 17.0 Å². The number of ether oxygens (including phenoxy) is 2. The SMILES string of the molecule is CCOn1ccc(-c2cccc(Nc3nc(Nc4ccc(C(=O)N5CCOCC5)cc4)ncc3C(N)=O)c2OC)n1. The molecule has 0 saturated carbocycles. The molecule has 1 fully saturated rings. The highest BCUT2D eigenvalue weighted by Gasteiger charge is 2.20. The summed E-state index contributed by atoms with van der Waals surface area (Å²) in [5.41, 5.74) is 8.82. The monoisotopic (exact) mass is 558 g/mol. The van der Waals surface area contributed by atoms with Gasteiger partial charge in [-0.05, 0) is 49.4 Å². The standard InChI is InChI=1S/C28H30N8O5/c1-3-41-36-12-11-22(34-36)20-5-4-6-23(24(20)39-2)32-26-21(25(29)37)17-30-28(33-26)31-19-9-7-18(8-10-19)27(38)35-13-15-40-16-14-35/h4-12,17H,3,13-16H2,1-2H3,(H2,29,37)(H2,30,31,32,33). The first-order valence-electron chi connectivity index (χ1n) is 13.0. The number of aromatic nitrogens is 4. The Kier molecular flexibility index (Phi) is 8.25. The minimum Gasteiger partial charge on any atom is -0.494 e. The largest absolute Gasteiger partial charge is 0.494 e. The van der Waals surface area contributed by atoms with E-state index in [4.69, 9.17) is 20.0 Å². The van der Waals surface area contributed by atoms with Crippen molar-refractivity contribution in [3.05, 3.63) is 72.1 Å². The normalized spacial score (nSPS) is 13.0. The number of nitrogens with one attached hydrogen (secondary N) is 2. The number of para-hydroxylation sites is 1. The summed E-state index contributed by atoms with van der Waals surface area (Å²) in [7, 11) is 1.54. The van der Waals surface area contributed by atoms with Crippen molar-refractivity contribution < 1.29 is 23.9 Å². The molecule has 0 aliphatic carbocycles. The Morgan fingerprint density at radius 2 is 1.85 bits per heavy atom. The van der Waals surface area contributed by atoms with Crippen LogP contribution in [-0.2, 0) is 4.74 Å². The van der Waals surface area contributed by atoms with Crippen LogP contribution in [0.25, 0.3) is 11.3 Å². The van der Waals surface area contributed by atoms with Gasteiger partial charge in [0.2, 0.25) is 5.95 Å². The summed E-state index contributed by atoms with van der Waals surface area (Å²) >= 11 is 0. The second kappa shape index (κ2) is 12.3. The summed E-state index contributed by atoms with van der Waals surface area (Å²) in [4.78, 5) is 42.2. The van der Waals surface area contributed by atoms with Crippen LogP contribution in [0.2, 0.25) is 0 Å². The Balaban J connectivity index is 1.38. The number of carbonyl (C=O) groups excluding carboxylic acids is 2. The fourth-order valence-electron chi connectivity index (χ4n) is 4.33. The zero-order valence-electron chi connectivity index (χ0n) is 22.7. The first-order valence-corrected chi connectivity index (χ1v) is 13.0. The van der Waals surface area contributed by atoms with E-state index in [1.54, 1.807) is 54.6 Å². The van der Waals surface area contributed by atoms with Crippen LogP contribution in [0.3, 0.4) is 0 Å². The highest BCUT2D eigenvalue weighted by Crippen LogP contribution is 2.37. The molecule has 3 heterocycles. The Hall–Kier alpha value is -5.17. The quantitative estimate of drug-likeness (QED) is 0.264. The molecule has 1 aliphatic heterocycles. The zero-order valence-corrected chi connectivity index (χ0v) is 22.7. The maximum Gasteiger partial charge on any atom is 0.254 e. The van der Waals surface area contributed by atoms with Gasteiger partial charge in [-0.3, -0.25) is 9.59 Å². The Morgan fingerprint density at radius 3 is 2.56 bits per heavy atom. The molecule has 13 nitrogen and oxygen atoms in total. The lowest BCUT2D eigenvalue weighted by Gasteiger charge is -2.26. The van der Waals surface area contributed by atoms with E-state index in [2.05, 4.69) is 25.7 Å². The van der Waals surface area contributed by atoms with Crippen LogP contribution in [0.4, 0.5) is 23.1 Å². The van der Waals surface area contributed by atoms with E-state index in [0.29, 0.717) is 66.9 Å². The lowest BCUT2D eigenvalue weighted by atomic mass is 10.1. The summed E-state index contributed by atoms with van der Waals surface area (Å²) in [6, 6.07) is 14.3. The van der Waals surface area contributed by atoms with E-state index in [1.165, 1.54) is 11.0 Å². The van der Waals surface area contributed by atoms with Gasteiger partial charge in [0.15, 0.2) is 5.75 Å². The van der Waals surface area contributed by atoms with Crippen LogP contribution in [-0.4, -0.2) is 76.6 Å². The molecule has 0 bridgehead atoms. The molecule has 1 saturated heterocycles. The van der Waals surface area contributed by atoms with Gasteiger partial charge in [0, 0.05) is 36.1 Å². The molecule has 2 amide bonds. The number of anilines is 4. The third-order valence-electron chi connectivity index (χ3n) is 6.32. The number of benzene rings is 2. The van der Waals surface area contributed by atoms with E-state index >= 15 is 0 Å². The second-order valence-electron chi connectivity index (χ2n) is 8.96. The number of methoxy groups -OCH3 is 1. The third kappa shape index (κ3) is 6.20. The second-order valence-corrected chi connectivity index (χ2v) is 8.96. The number of primary amides is 1. The van der Waals surface area contributed by atoms with E-state index < -0.39 is 5.91 Å². The zero-order chi connectivity index (χ0) is 28.8. The number of nitrogens with two attached hydrogens (primary N) is 1. The van der Waals surface area contributed by atoms with Crippen LogP contribution in [0, 0.1) is 0 Å². The minimum absolute atomic E-state index is 0.0470. The summed E-state index contributed by atoms with van der Waals surface area (Å²) in [5, 5.41) is 10.7. The van der Waals surface area contributed by atoms with Crippen molar-refractivity contribution in [1.82, 2.24) is 24.8 Å². The predicted octanol–water partition coefficient (Wildman–Crippen LogP) is 2.86. The van der Waals surface area contributed by atoms with Crippen LogP contribution in [0.5, 0.6) is 5.75 Å². The lowest BCUT2D eigenvalue weighted by Crippen LogP contribution is -2.40. The molecular weight excluding hydrogens is 528 g/mol. The first kappa shape index (κ1) is 27.4. The van der Waals surface area contributed by atoms with Crippen molar-refractivity contribution in [3.63, 3.8) is 0 Å². The summed E-state index contributed by atoms with van der Waals surface area (Å²) in [6.45, 7) is 4.55. The number of hydrogen-bond acceptors (Lipinski definition) is 10. The van der Waals surface area contributed by atoms with Crippen molar-refractivity contribution in [2.24, 2.45) is 5.73 Å². The van der Waals surface area contributed by atoms with Gasteiger partial charge in [0.25, 0.3) is 11.8 Å². The average molecular weight is 559 g/mol. The van der Waals surface area contributed by atoms with Gasteiger partial charge in [-0.2, -0.15) is 4.98 Å². The number of carbonyl (C=O) groups is 2. The highest BCUT2D eigenvalue weighted by atomic mass is 16.7. The fourth-order valence-corrected chi connectivity index (χ4v) is 4.33. The molecular formula is C28H30N8O5. The molecule has 0 radical (unpaired) electrons. The lowest BCUT2D eigenvalue weighted by molar-refractivity contribution is 0.0303. The van der Waals surface area contributed by atoms with Gasteiger partial charge in [-0.1, -0.05) is 6.07 Å². The molecule has 0 atom stereocenters. The van der Waals surface area contributed by atoms with Crippen molar-refractivity contribution in [2.75, 3.05) is 50.7 Å². The van der Waals surface area contributed by atoms with Gasteiger partial charge in [-0.15, -0.1) is 9.94 Å². The Labute approximate surface area is 236 Å². The maximum absolute atomic E-state index is 12.7. The summed E-state index contributed by atoms with van der Waals surface area (Å²) < 4.78 is 11.0. The molecule has 0 unspecified atom stereocenters. The van der Waals surface area contributed by atoms with Gasteiger partial charge in [-0.25, -0.2) is 4.98 Å². The molecule has 2 aromatic heterocycles. The molecule has 1 aliphatic rings. The molecule has 13 heteroatoms. The fraction of sp³-hybridized carbons (Fsp3) is 0.250. The van der Waals surface area contributed by atoms with Crippen LogP contribution in [0.1, 0.15) is 27.6 Å². The smallest absolute Gasteiger partial charge is 0.254 e. The van der Waals surface area contributed by atoms with E-state index in [0.717, 1.165) is 0 Å². The number of hydrogen-bond donors (Lipinski definition) is 3. The Bertz CT molecular complexity index is 1530. The number of rotatable bonds is 10. The third-order valence-corrected chi connectivity index (χ3v) is 6.32.